The number of hydrogen-bond acceptors (Lipinski definition) is 9. The predicted molar refractivity (Wildman–Crippen MR) is 580 cm³/mol. The predicted octanol–water partition coefficient (Wildman–Crippen LogP) is 33.6. The number of hydrogen-bond donors (Lipinski definition) is 0. The minimum Gasteiger partial charge on any atom is -0.208 e. The fraction of sp³-hybridized carbons (Fsp3) is 0.0227. The van der Waals surface area contributed by atoms with Crippen LogP contribution in [0.2, 0.25) is 0 Å². The van der Waals surface area contributed by atoms with Gasteiger partial charge in [0.15, 0.2) is 52.4 Å². The monoisotopic (exact) mass is 1800 g/mol. The minimum atomic E-state index is -0.116. The minimum absolute atomic E-state index is 0.116. The van der Waals surface area contributed by atoms with E-state index >= 15 is 0 Å². The molecular formula is C132H93N9. The zero-order chi connectivity index (χ0) is 94.6. The van der Waals surface area contributed by atoms with Gasteiger partial charge in [-0.15, -0.1) is 0 Å². The first-order valence-electron chi connectivity index (χ1n) is 47.6. The molecule has 3 heterocycles. The Morgan fingerprint density at radius 2 is 0.255 bits per heavy atom. The van der Waals surface area contributed by atoms with Crippen molar-refractivity contribution in [3.05, 3.63) is 539 Å². The summed E-state index contributed by atoms with van der Waals surface area (Å²) in [6.07, 6.45) is 0. The van der Waals surface area contributed by atoms with Gasteiger partial charge in [-0.3, -0.25) is 0 Å². The van der Waals surface area contributed by atoms with E-state index in [1.807, 2.05) is 60.7 Å². The second-order valence-corrected chi connectivity index (χ2v) is 35.6. The molecule has 3 aromatic heterocycles. The number of fused-ring (bicyclic) bond motifs is 3. The van der Waals surface area contributed by atoms with Crippen LogP contribution in [0.5, 0.6) is 0 Å². The van der Waals surface area contributed by atoms with E-state index in [0.29, 0.717) is 52.4 Å². The third-order valence-corrected chi connectivity index (χ3v) is 25.9. The van der Waals surface area contributed by atoms with Crippen molar-refractivity contribution in [2.45, 2.75) is 19.3 Å². The molecule has 9 nitrogen and oxygen atoms in total. The molecule has 0 amide bonds. The Morgan fingerprint density at radius 1 is 0.106 bits per heavy atom. The van der Waals surface area contributed by atoms with Gasteiger partial charge in [0, 0.05) is 55.5 Å². The molecule has 0 spiro atoms. The van der Waals surface area contributed by atoms with Gasteiger partial charge in [-0.05, 0) is 212 Å². The van der Waals surface area contributed by atoms with Gasteiger partial charge in [0.1, 0.15) is 0 Å². The summed E-state index contributed by atoms with van der Waals surface area (Å²) in [7, 11) is 0. The van der Waals surface area contributed by atoms with E-state index in [2.05, 4.69) is 481 Å². The fourth-order valence-corrected chi connectivity index (χ4v) is 18.6. The number of benzene rings is 20. The molecule has 0 saturated carbocycles. The van der Waals surface area contributed by atoms with Crippen LogP contribution in [0.25, 0.3) is 225 Å². The summed E-state index contributed by atoms with van der Waals surface area (Å²) in [6, 6.07) is 184. The SMILES string of the molecule is CC1(C)c2ccccc2-c2ccc(-c3nc(-c4cccc(-c5ccccc5)c4)nc(-c4cccc(-c5ccccc5)c4)n3)cc21.c1ccc(-c2cccc(-c3nc(-c4cc(-c5ccccc5)cc(-c5ccccc5)c4)nc(-c4cc(-c5ccccc5)cc(-c5ccccc5)c4)n3)c2)cc1.c1ccc(-c2cccc(-c3nc(-c4cccc(-c5ccccc5)c4)nc(-c4cccc(-c5ccccc5)c4)n3)c2)cc1. The molecule has 0 atom stereocenters. The Morgan fingerprint density at radius 3 is 0.475 bits per heavy atom. The molecule has 1 aliphatic carbocycles. The maximum atomic E-state index is 5.30. The second kappa shape index (κ2) is 40.2. The largest absolute Gasteiger partial charge is 0.208 e. The van der Waals surface area contributed by atoms with Crippen molar-refractivity contribution in [2.75, 3.05) is 0 Å². The van der Waals surface area contributed by atoms with Crippen LogP contribution in [-0.2, 0) is 5.41 Å². The Bertz CT molecular complexity index is 7780. The first-order valence-corrected chi connectivity index (χ1v) is 47.6. The summed E-state index contributed by atoms with van der Waals surface area (Å²) in [6.45, 7) is 4.60. The quantitative estimate of drug-likeness (QED) is 0.0780. The van der Waals surface area contributed by atoms with E-state index in [1.54, 1.807) is 0 Å². The molecule has 666 valence electrons. The van der Waals surface area contributed by atoms with Gasteiger partial charge in [-0.25, -0.2) is 44.9 Å². The highest BCUT2D eigenvalue weighted by Gasteiger charge is 2.36. The van der Waals surface area contributed by atoms with Crippen LogP contribution >= 0.6 is 0 Å². The topological polar surface area (TPSA) is 116 Å². The van der Waals surface area contributed by atoms with Gasteiger partial charge in [-0.1, -0.05) is 463 Å². The molecule has 0 saturated heterocycles. The van der Waals surface area contributed by atoms with Gasteiger partial charge >= 0.3 is 0 Å². The van der Waals surface area contributed by atoms with E-state index in [9.17, 15) is 0 Å². The summed E-state index contributed by atoms with van der Waals surface area (Å²) in [5.41, 5.74) is 36.1. The number of nitrogens with zero attached hydrogens (tertiary/aromatic N) is 9. The normalized spacial score (nSPS) is 11.5. The number of rotatable bonds is 19. The van der Waals surface area contributed by atoms with Crippen LogP contribution in [0.3, 0.4) is 0 Å². The van der Waals surface area contributed by atoms with Crippen molar-refractivity contribution in [3.8, 4) is 225 Å². The maximum absolute atomic E-state index is 5.30. The van der Waals surface area contributed by atoms with Crippen LogP contribution in [0, 0.1) is 0 Å². The number of aromatic nitrogens is 9. The Hall–Kier alpha value is -18.6. The summed E-state index contributed by atoms with van der Waals surface area (Å²) in [5, 5.41) is 0. The Balaban J connectivity index is 0.000000122. The van der Waals surface area contributed by atoms with Crippen LogP contribution in [0.15, 0.2) is 528 Å². The second-order valence-electron chi connectivity index (χ2n) is 35.6. The zero-order valence-corrected chi connectivity index (χ0v) is 77.8. The maximum Gasteiger partial charge on any atom is 0.164 e. The molecule has 9 heteroatoms. The lowest BCUT2D eigenvalue weighted by Gasteiger charge is -2.21. The van der Waals surface area contributed by atoms with Crippen molar-refractivity contribution in [2.24, 2.45) is 0 Å². The van der Waals surface area contributed by atoms with Crippen LogP contribution < -0.4 is 0 Å². The van der Waals surface area contributed by atoms with Crippen LogP contribution in [0.4, 0.5) is 0 Å². The molecular weight excluding hydrogens is 1710 g/mol. The smallest absolute Gasteiger partial charge is 0.164 e. The van der Waals surface area contributed by atoms with Crippen molar-refractivity contribution < 1.29 is 0 Å². The third kappa shape index (κ3) is 19.6. The first-order chi connectivity index (χ1) is 69.6. The van der Waals surface area contributed by atoms with Crippen molar-refractivity contribution in [1.82, 2.24) is 44.9 Å². The lowest BCUT2D eigenvalue weighted by Crippen LogP contribution is -2.15. The Kier molecular flexibility index (Phi) is 25.0. The van der Waals surface area contributed by atoms with Gasteiger partial charge in [0.05, 0.1) is 0 Å². The van der Waals surface area contributed by atoms with Crippen molar-refractivity contribution in [3.63, 3.8) is 0 Å². The highest BCUT2D eigenvalue weighted by atomic mass is 15.1. The lowest BCUT2D eigenvalue weighted by molar-refractivity contribution is 0.660. The van der Waals surface area contributed by atoms with E-state index in [1.165, 1.54) is 22.3 Å². The van der Waals surface area contributed by atoms with E-state index in [0.717, 1.165) is 161 Å². The van der Waals surface area contributed by atoms with Gasteiger partial charge in [-0.2, -0.15) is 0 Å². The van der Waals surface area contributed by atoms with Crippen LogP contribution in [-0.4, -0.2) is 44.9 Å². The standard InChI is InChI=1S/C51H35N3.C42H31N3.C39H27N3/c1-6-17-36(18-7-1)41-27-16-28-42(29-41)49-52-50(47-32-43(37-19-8-2-9-20-37)30-44(33-47)38-21-10-3-11-22-38)54-51(53-49)48-34-45(39-23-12-4-13-24-39)31-46(35-48)40-25-14-5-15-26-40;1-42(2)37-22-10-9-21-35(37)36-24-23-34(27-38(36)42)41-44-39(32-19-11-17-30(25-32)28-13-5-3-6-14-28)43-40(45-41)33-20-12-18-31(26-33)29-15-7-4-8-16-29;1-4-13-28(14-5-1)31-19-10-22-34(25-31)37-40-38(35-23-11-20-32(26-35)29-15-6-2-7-16-29)42-39(41-37)36-24-12-21-33(27-36)30-17-8-3-9-18-30/h1-35H;3-27H,1-2H3;1-27H. The van der Waals surface area contributed by atoms with E-state index in [4.69, 9.17) is 44.9 Å². The van der Waals surface area contributed by atoms with Gasteiger partial charge in [0.25, 0.3) is 0 Å². The fourth-order valence-electron chi connectivity index (χ4n) is 18.6. The average Bonchev–Trinajstić information content (AvgIpc) is 1.58. The summed E-state index contributed by atoms with van der Waals surface area (Å²) in [4.78, 5) is 46.2. The molecule has 20 aromatic carbocycles. The average molecular weight is 1810 g/mol. The molecule has 1 aliphatic rings. The molecule has 0 N–H and O–H groups in total. The molecule has 24 rings (SSSR count). The van der Waals surface area contributed by atoms with Crippen LogP contribution in [0.1, 0.15) is 25.0 Å². The van der Waals surface area contributed by atoms with E-state index < -0.39 is 0 Å². The third-order valence-electron chi connectivity index (χ3n) is 25.9. The Labute approximate surface area is 822 Å². The van der Waals surface area contributed by atoms with Gasteiger partial charge in [0.2, 0.25) is 0 Å². The van der Waals surface area contributed by atoms with E-state index in [-0.39, 0.29) is 5.41 Å². The summed E-state index contributed by atoms with van der Waals surface area (Å²) < 4.78 is 0. The van der Waals surface area contributed by atoms with Gasteiger partial charge < -0.3 is 0 Å². The molecule has 0 aliphatic heterocycles. The highest BCUT2D eigenvalue weighted by Crippen LogP contribution is 2.50. The summed E-state index contributed by atoms with van der Waals surface area (Å²) in [5.74, 6) is 5.74. The molecule has 23 aromatic rings. The lowest BCUT2D eigenvalue weighted by atomic mass is 9.82. The van der Waals surface area contributed by atoms with Crippen molar-refractivity contribution >= 4 is 0 Å². The molecule has 141 heavy (non-hydrogen) atoms. The van der Waals surface area contributed by atoms with Crippen molar-refractivity contribution in [1.29, 1.82) is 0 Å². The molecule has 0 fully saturated rings. The molecule has 0 unspecified atom stereocenters. The zero-order valence-electron chi connectivity index (χ0n) is 77.8. The molecule has 0 bridgehead atoms. The molecule has 0 radical (unpaired) electrons. The summed E-state index contributed by atoms with van der Waals surface area (Å²) >= 11 is 0. The highest BCUT2D eigenvalue weighted by molar-refractivity contribution is 5.88. The first kappa shape index (κ1) is 87.8.